The number of nitrogens with one attached hydrogen (secondary N) is 2. The van der Waals surface area contributed by atoms with Crippen LogP contribution in [0.4, 0.5) is 0 Å². The number of aryl methyl sites for hydroxylation is 1. The highest BCUT2D eigenvalue weighted by Gasteiger charge is 2.22. The quantitative estimate of drug-likeness (QED) is 0.712. The van der Waals surface area contributed by atoms with Crippen molar-refractivity contribution in [3.05, 3.63) is 47.3 Å². The fourth-order valence-corrected chi connectivity index (χ4v) is 4.79. The van der Waals surface area contributed by atoms with Gasteiger partial charge in [0.05, 0.1) is 10.4 Å². The predicted molar refractivity (Wildman–Crippen MR) is 110 cm³/mol. The Labute approximate surface area is 163 Å². The molecular weight excluding hydrogens is 356 g/mol. The maximum atomic E-state index is 12.3. The van der Waals surface area contributed by atoms with E-state index in [-0.39, 0.29) is 5.91 Å². The highest BCUT2D eigenvalue weighted by atomic mass is 32.1. The van der Waals surface area contributed by atoms with Gasteiger partial charge in [-0.3, -0.25) is 4.79 Å². The smallest absolute Gasteiger partial charge is 0.273 e. The Balaban J connectivity index is 1.79. The van der Waals surface area contributed by atoms with Gasteiger partial charge in [0.25, 0.3) is 5.91 Å². The van der Waals surface area contributed by atoms with Crippen LogP contribution in [0.1, 0.15) is 35.1 Å². The largest absolute Gasteiger partial charge is 0.354 e. The topological polar surface area (TPSA) is 66.9 Å². The molecule has 1 amide bonds. The molecule has 3 aromatic rings. The number of aromatic nitrogens is 2. The maximum Gasteiger partial charge on any atom is 0.273 e. The average Bonchev–Trinajstić information content (AvgIpc) is 3.38. The second-order valence-corrected chi connectivity index (χ2v) is 8.09. The van der Waals surface area contributed by atoms with Crippen LogP contribution in [0.2, 0.25) is 0 Å². The van der Waals surface area contributed by atoms with Gasteiger partial charge in [-0.25, -0.2) is 0 Å². The Bertz CT molecular complexity index is 958. The normalized spacial score (nSPS) is 16.7. The lowest BCUT2D eigenvalue weighted by molar-refractivity contribution is 0.0959. The summed E-state index contributed by atoms with van der Waals surface area (Å²) in [6, 6.07) is 10.8. The van der Waals surface area contributed by atoms with Crippen molar-refractivity contribution in [2.45, 2.75) is 26.2 Å². The SMILES string of the molecule is CCc1ccc(-c2cc3c(CC4CCNC4)nnc(C(=O)NC)c3s2)cc1. The molecule has 1 aliphatic rings. The van der Waals surface area contributed by atoms with Crippen molar-refractivity contribution in [1.29, 1.82) is 0 Å². The summed E-state index contributed by atoms with van der Waals surface area (Å²) in [4.78, 5) is 13.4. The second kappa shape index (κ2) is 7.74. The lowest BCUT2D eigenvalue weighted by atomic mass is 10.00. The Morgan fingerprint density at radius 2 is 2.11 bits per heavy atom. The zero-order chi connectivity index (χ0) is 18.8. The first-order chi connectivity index (χ1) is 13.2. The first-order valence-corrected chi connectivity index (χ1v) is 10.3. The van der Waals surface area contributed by atoms with E-state index in [0.717, 1.165) is 53.0 Å². The number of hydrogen-bond donors (Lipinski definition) is 2. The van der Waals surface area contributed by atoms with Crippen LogP contribution in [0.5, 0.6) is 0 Å². The number of fused-ring (bicyclic) bond motifs is 1. The maximum absolute atomic E-state index is 12.3. The van der Waals surface area contributed by atoms with Crippen LogP contribution >= 0.6 is 11.3 Å². The molecule has 0 aliphatic carbocycles. The summed E-state index contributed by atoms with van der Waals surface area (Å²) in [5.41, 5.74) is 3.91. The van der Waals surface area contributed by atoms with Crippen molar-refractivity contribution >= 4 is 27.3 Å². The average molecular weight is 381 g/mol. The molecule has 27 heavy (non-hydrogen) atoms. The molecule has 1 aromatic carbocycles. The molecule has 6 heteroatoms. The molecule has 3 heterocycles. The molecule has 1 saturated heterocycles. The van der Waals surface area contributed by atoms with Gasteiger partial charge in [-0.2, -0.15) is 5.10 Å². The molecular formula is C21H24N4OS. The molecule has 140 valence electrons. The third-order valence-corrected chi connectivity index (χ3v) is 6.45. The molecule has 2 N–H and O–H groups in total. The van der Waals surface area contributed by atoms with Crippen LogP contribution < -0.4 is 10.6 Å². The van der Waals surface area contributed by atoms with Gasteiger partial charge < -0.3 is 10.6 Å². The third kappa shape index (κ3) is 3.59. The van der Waals surface area contributed by atoms with Gasteiger partial charge in [0.15, 0.2) is 5.69 Å². The number of amides is 1. The highest BCUT2D eigenvalue weighted by Crippen LogP contribution is 2.37. The predicted octanol–water partition coefficient (Wildman–Crippen LogP) is 3.43. The van der Waals surface area contributed by atoms with Crippen molar-refractivity contribution < 1.29 is 4.79 Å². The van der Waals surface area contributed by atoms with Gasteiger partial charge in [-0.15, -0.1) is 16.4 Å². The van der Waals surface area contributed by atoms with Crippen molar-refractivity contribution in [2.24, 2.45) is 5.92 Å². The lowest BCUT2D eigenvalue weighted by Crippen LogP contribution is -2.20. The Kier molecular flexibility index (Phi) is 5.18. The lowest BCUT2D eigenvalue weighted by Gasteiger charge is -2.09. The summed E-state index contributed by atoms with van der Waals surface area (Å²) in [6.07, 6.45) is 3.09. The van der Waals surface area contributed by atoms with E-state index in [4.69, 9.17) is 0 Å². The molecule has 1 unspecified atom stereocenters. The minimum atomic E-state index is -0.184. The fourth-order valence-electron chi connectivity index (χ4n) is 3.62. The molecule has 1 aliphatic heterocycles. The first-order valence-electron chi connectivity index (χ1n) is 9.50. The minimum Gasteiger partial charge on any atom is -0.354 e. The van der Waals surface area contributed by atoms with Crippen molar-refractivity contribution in [1.82, 2.24) is 20.8 Å². The van der Waals surface area contributed by atoms with Gasteiger partial charge in [-0.05, 0) is 55.5 Å². The van der Waals surface area contributed by atoms with E-state index in [1.165, 1.54) is 11.1 Å². The molecule has 1 fully saturated rings. The number of thiophene rings is 1. The van der Waals surface area contributed by atoms with Crippen LogP contribution in [-0.4, -0.2) is 36.2 Å². The molecule has 0 radical (unpaired) electrons. The van der Waals surface area contributed by atoms with Crippen LogP contribution in [0.3, 0.4) is 0 Å². The van der Waals surface area contributed by atoms with Gasteiger partial charge in [-0.1, -0.05) is 31.2 Å². The molecule has 4 rings (SSSR count). The van der Waals surface area contributed by atoms with Gasteiger partial charge in [0.1, 0.15) is 0 Å². The van der Waals surface area contributed by atoms with E-state index >= 15 is 0 Å². The summed E-state index contributed by atoms with van der Waals surface area (Å²) < 4.78 is 0.930. The number of carbonyl (C=O) groups excluding carboxylic acids is 1. The minimum absolute atomic E-state index is 0.184. The zero-order valence-corrected chi connectivity index (χ0v) is 16.5. The second-order valence-electron chi connectivity index (χ2n) is 7.04. The molecule has 1 atom stereocenters. The van der Waals surface area contributed by atoms with E-state index in [2.05, 4.69) is 58.1 Å². The summed E-state index contributed by atoms with van der Waals surface area (Å²) in [6.45, 7) is 4.25. The van der Waals surface area contributed by atoms with Gasteiger partial charge in [0.2, 0.25) is 0 Å². The molecule has 0 bridgehead atoms. The number of benzene rings is 1. The van der Waals surface area contributed by atoms with E-state index < -0.39 is 0 Å². The summed E-state index contributed by atoms with van der Waals surface area (Å²) in [7, 11) is 1.63. The monoisotopic (exact) mass is 380 g/mol. The first kappa shape index (κ1) is 18.1. The van der Waals surface area contributed by atoms with Crippen LogP contribution in [0, 0.1) is 5.92 Å². The summed E-state index contributed by atoms with van der Waals surface area (Å²) in [5, 5.41) is 15.9. The van der Waals surface area contributed by atoms with E-state index in [1.54, 1.807) is 18.4 Å². The van der Waals surface area contributed by atoms with Crippen molar-refractivity contribution in [3.63, 3.8) is 0 Å². The summed E-state index contributed by atoms with van der Waals surface area (Å²) >= 11 is 1.63. The number of nitrogens with zero attached hydrogens (tertiary/aromatic N) is 2. The highest BCUT2D eigenvalue weighted by molar-refractivity contribution is 7.22. The Morgan fingerprint density at radius 1 is 1.30 bits per heavy atom. The fraction of sp³-hybridized carbons (Fsp3) is 0.381. The van der Waals surface area contributed by atoms with E-state index in [0.29, 0.717) is 11.6 Å². The zero-order valence-electron chi connectivity index (χ0n) is 15.7. The van der Waals surface area contributed by atoms with Crippen LogP contribution in [0.15, 0.2) is 30.3 Å². The Morgan fingerprint density at radius 3 is 2.78 bits per heavy atom. The molecule has 5 nitrogen and oxygen atoms in total. The van der Waals surface area contributed by atoms with Gasteiger partial charge >= 0.3 is 0 Å². The Hall–Kier alpha value is -2.31. The molecule has 0 saturated carbocycles. The summed E-state index contributed by atoms with van der Waals surface area (Å²) in [5.74, 6) is 0.400. The van der Waals surface area contributed by atoms with Crippen molar-refractivity contribution in [2.75, 3.05) is 20.1 Å². The van der Waals surface area contributed by atoms with E-state index in [9.17, 15) is 4.79 Å². The number of carbonyl (C=O) groups is 1. The molecule has 2 aromatic heterocycles. The van der Waals surface area contributed by atoms with E-state index in [1.807, 2.05) is 0 Å². The standard InChI is InChI=1S/C21H24N4OS/c1-3-13-4-6-15(7-5-13)18-11-16-17(10-14-8-9-23-12-14)24-25-19(20(16)27-18)21(26)22-2/h4-7,11,14,23H,3,8-10,12H2,1-2H3,(H,22,26). The van der Waals surface area contributed by atoms with Crippen LogP contribution in [0.25, 0.3) is 20.5 Å². The third-order valence-electron chi connectivity index (χ3n) is 5.26. The van der Waals surface area contributed by atoms with Crippen molar-refractivity contribution in [3.8, 4) is 10.4 Å². The number of hydrogen-bond acceptors (Lipinski definition) is 5. The van der Waals surface area contributed by atoms with Gasteiger partial charge in [0, 0.05) is 17.3 Å². The molecule has 0 spiro atoms. The number of rotatable bonds is 5. The van der Waals surface area contributed by atoms with Crippen LogP contribution in [-0.2, 0) is 12.8 Å².